The lowest BCUT2D eigenvalue weighted by molar-refractivity contribution is -0.137. The Kier molecular flexibility index (Phi) is 7.31. The van der Waals surface area contributed by atoms with Crippen LogP contribution in [0.25, 0.3) is 6.08 Å². The molecule has 0 unspecified atom stereocenters. The maximum Gasteiger partial charge on any atom is 0.225 e. The third kappa shape index (κ3) is 5.42. The number of likely N-dealkylation sites (tertiary alicyclic amines) is 1. The minimum absolute atomic E-state index is 0.192. The van der Waals surface area contributed by atoms with Gasteiger partial charge >= 0.3 is 0 Å². The number of benzene rings is 2. The van der Waals surface area contributed by atoms with Crippen molar-refractivity contribution < 1.29 is 4.79 Å². The van der Waals surface area contributed by atoms with E-state index in [4.69, 9.17) is 0 Å². The predicted octanol–water partition coefficient (Wildman–Crippen LogP) is 4.77. The van der Waals surface area contributed by atoms with Crippen molar-refractivity contribution >= 4 is 17.7 Å². The zero-order chi connectivity index (χ0) is 22.5. The van der Waals surface area contributed by atoms with Gasteiger partial charge in [-0.15, -0.1) is 0 Å². The summed E-state index contributed by atoms with van der Waals surface area (Å²) >= 11 is 0. The van der Waals surface area contributed by atoms with Crippen molar-refractivity contribution in [3.63, 3.8) is 0 Å². The number of carbonyl (C=O) groups is 1. The molecule has 2 saturated heterocycles. The first-order chi connectivity index (χ1) is 15.5. The minimum Gasteiger partial charge on any atom is -0.368 e. The Balaban J connectivity index is 1.24. The lowest BCUT2D eigenvalue weighted by Gasteiger charge is -2.40. The van der Waals surface area contributed by atoms with Gasteiger partial charge in [-0.1, -0.05) is 54.1 Å². The van der Waals surface area contributed by atoms with Crippen molar-refractivity contribution in [3.05, 3.63) is 70.8 Å². The first kappa shape index (κ1) is 22.6. The molecule has 0 aliphatic carbocycles. The molecule has 2 aliphatic rings. The van der Waals surface area contributed by atoms with Crippen LogP contribution in [0.4, 0.5) is 5.69 Å². The molecule has 4 heteroatoms. The molecular formula is C28H37N3O. The van der Waals surface area contributed by atoms with Crippen LogP contribution in [0, 0.1) is 19.8 Å². The topological polar surface area (TPSA) is 26.8 Å². The standard InChI is InChI=1S/C28H37N3O/c1-22(20-25-9-5-4-6-10-25)21-29-14-12-26(13-15-29)28(32)31-18-16-30(17-19-31)27-11-7-8-23(2)24(27)3/h4-11,20,26H,12-19,21H2,1-3H3/b22-20+. The van der Waals surface area contributed by atoms with Crippen LogP contribution in [0.3, 0.4) is 0 Å². The summed E-state index contributed by atoms with van der Waals surface area (Å²) in [5, 5.41) is 0. The molecule has 4 nitrogen and oxygen atoms in total. The first-order valence-corrected chi connectivity index (χ1v) is 12.1. The highest BCUT2D eigenvalue weighted by atomic mass is 16.2. The highest BCUT2D eigenvalue weighted by Gasteiger charge is 2.30. The Bertz CT molecular complexity index is 936. The molecule has 170 valence electrons. The molecule has 0 saturated carbocycles. The highest BCUT2D eigenvalue weighted by Crippen LogP contribution is 2.26. The van der Waals surface area contributed by atoms with Crippen molar-refractivity contribution in [1.82, 2.24) is 9.80 Å². The van der Waals surface area contributed by atoms with E-state index in [1.807, 2.05) is 0 Å². The average molecular weight is 432 g/mol. The van der Waals surface area contributed by atoms with Crippen LogP contribution in [-0.2, 0) is 4.79 Å². The molecule has 4 rings (SSSR count). The zero-order valence-corrected chi connectivity index (χ0v) is 19.9. The van der Waals surface area contributed by atoms with Crippen LogP contribution in [0.1, 0.15) is 36.5 Å². The van der Waals surface area contributed by atoms with Crippen molar-refractivity contribution in [2.75, 3.05) is 50.7 Å². The largest absolute Gasteiger partial charge is 0.368 e. The summed E-state index contributed by atoms with van der Waals surface area (Å²) in [7, 11) is 0. The number of amides is 1. The lowest BCUT2D eigenvalue weighted by Crippen LogP contribution is -2.51. The Labute approximate surface area is 193 Å². The Morgan fingerprint density at radius 1 is 0.906 bits per heavy atom. The van der Waals surface area contributed by atoms with E-state index in [0.29, 0.717) is 5.91 Å². The molecule has 1 amide bonds. The third-order valence-electron chi connectivity index (χ3n) is 7.13. The number of hydrogen-bond donors (Lipinski definition) is 0. The van der Waals surface area contributed by atoms with Crippen LogP contribution >= 0.6 is 0 Å². The van der Waals surface area contributed by atoms with E-state index in [1.165, 1.54) is 28.0 Å². The van der Waals surface area contributed by atoms with Gasteiger partial charge in [0.1, 0.15) is 0 Å². The smallest absolute Gasteiger partial charge is 0.225 e. The van der Waals surface area contributed by atoms with Gasteiger partial charge in [0.25, 0.3) is 0 Å². The molecule has 32 heavy (non-hydrogen) atoms. The van der Waals surface area contributed by atoms with E-state index in [1.54, 1.807) is 0 Å². The second kappa shape index (κ2) is 10.4. The summed E-state index contributed by atoms with van der Waals surface area (Å²) in [6.07, 6.45) is 4.23. The molecular weight excluding hydrogens is 394 g/mol. The molecule has 0 N–H and O–H groups in total. The molecule has 0 aromatic heterocycles. The number of anilines is 1. The monoisotopic (exact) mass is 431 g/mol. The fraction of sp³-hybridized carbons (Fsp3) is 0.464. The maximum absolute atomic E-state index is 13.2. The molecule has 0 radical (unpaired) electrons. The maximum atomic E-state index is 13.2. The van der Waals surface area contributed by atoms with Crippen molar-refractivity contribution in [3.8, 4) is 0 Å². The molecule has 2 aromatic carbocycles. The first-order valence-electron chi connectivity index (χ1n) is 12.1. The van der Waals surface area contributed by atoms with Gasteiger partial charge in [0.2, 0.25) is 5.91 Å². The van der Waals surface area contributed by atoms with Crippen LogP contribution in [0.2, 0.25) is 0 Å². The molecule has 0 spiro atoms. The second-order valence-electron chi connectivity index (χ2n) is 9.48. The fourth-order valence-corrected chi connectivity index (χ4v) is 5.07. The summed E-state index contributed by atoms with van der Waals surface area (Å²) < 4.78 is 0. The van der Waals surface area contributed by atoms with Crippen molar-refractivity contribution in [1.29, 1.82) is 0 Å². The number of hydrogen-bond acceptors (Lipinski definition) is 3. The van der Waals surface area contributed by atoms with Gasteiger partial charge in [-0.05, 0) is 69.5 Å². The number of carbonyl (C=O) groups excluding carboxylic acids is 1. The summed E-state index contributed by atoms with van der Waals surface area (Å²) in [5.41, 5.74) is 6.65. The summed E-state index contributed by atoms with van der Waals surface area (Å²) in [6.45, 7) is 13.1. The van der Waals surface area contributed by atoms with Crippen molar-refractivity contribution in [2.45, 2.75) is 33.6 Å². The van der Waals surface area contributed by atoms with Gasteiger partial charge in [-0.25, -0.2) is 0 Å². The lowest BCUT2D eigenvalue weighted by atomic mass is 9.94. The Morgan fingerprint density at radius 2 is 1.59 bits per heavy atom. The normalized spacial score (nSPS) is 18.8. The number of piperazine rings is 1. The van der Waals surface area contributed by atoms with E-state index >= 15 is 0 Å². The predicted molar refractivity (Wildman–Crippen MR) is 134 cm³/mol. The summed E-state index contributed by atoms with van der Waals surface area (Å²) in [6, 6.07) is 17.0. The second-order valence-corrected chi connectivity index (χ2v) is 9.48. The van der Waals surface area contributed by atoms with E-state index in [2.05, 4.69) is 90.1 Å². The van der Waals surface area contributed by atoms with Crippen LogP contribution in [0.5, 0.6) is 0 Å². The summed E-state index contributed by atoms with van der Waals surface area (Å²) in [5.74, 6) is 0.568. The van der Waals surface area contributed by atoms with Gasteiger partial charge in [0.15, 0.2) is 0 Å². The number of nitrogens with zero attached hydrogens (tertiary/aromatic N) is 3. The molecule has 2 aliphatic heterocycles. The molecule has 2 aromatic rings. The number of rotatable bonds is 5. The fourth-order valence-electron chi connectivity index (χ4n) is 5.07. The van der Waals surface area contributed by atoms with Gasteiger partial charge in [0.05, 0.1) is 0 Å². The minimum atomic E-state index is 0.192. The zero-order valence-electron chi connectivity index (χ0n) is 19.9. The molecule has 2 fully saturated rings. The van der Waals surface area contributed by atoms with E-state index in [9.17, 15) is 4.79 Å². The molecule has 0 bridgehead atoms. The van der Waals surface area contributed by atoms with Crippen LogP contribution in [0.15, 0.2) is 54.1 Å². The van der Waals surface area contributed by atoms with Crippen molar-refractivity contribution in [2.24, 2.45) is 5.92 Å². The highest BCUT2D eigenvalue weighted by molar-refractivity contribution is 5.79. The quantitative estimate of drug-likeness (QED) is 0.682. The van der Waals surface area contributed by atoms with E-state index in [0.717, 1.165) is 58.7 Å². The van der Waals surface area contributed by atoms with Gasteiger partial charge in [-0.3, -0.25) is 9.69 Å². The average Bonchev–Trinajstić information content (AvgIpc) is 2.82. The SMILES string of the molecule is C/C(=C\c1ccccc1)CN1CCC(C(=O)N2CCN(c3cccc(C)c3C)CC2)CC1. The number of piperidine rings is 1. The number of aryl methyl sites for hydroxylation is 1. The van der Waals surface area contributed by atoms with Gasteiger partial charge in [-0.2, -0.15) is 0 Å². The third-order valence-corrected chi connectivity index (χ3v) is 7.13. The van der Waals surface area contributed by atoms with Crippen LogP contribution < -0.4 is 4.90 Å². The molecule has 0 atom stereocenters. The molecule has 2 heterocycles. The van der Waals surface area contributed by atoms with Gasteiger partial charge < -0.3 is 9.80 Å². The summed E-state index contributed by atoms with van der Waals surface area (Å²) in [4.78, 5) is 20.2. The van der Waals surface area contributed by atoms with E-state index in [-0.39, 0.29) is 5.92 Å². The Hall–Kier alpha value is -2.59. The van der Waals surface area contributed by atoms with E-state index < -0.39 is 0 Å². The Morgan fingerprint density at radius 3 is 2.28 bits per heavy atom. The van der Waals surface area contributed by atoms with Gasteiger partial charge in [0, 0.05) is 44.3 Å². The van der Waals surface area contributed by atoms with Crippen LogP contribution in [-0.4, -0.2) is 61.5 Å².